The number of methoxy groups -OCH3 is 1. The van der Waals surface area contributed by atoms with Gasteiger partial charge in [-0.2, -0.15) is 13.2 Å². The molecule has 1 fully saturated rings. The van der Waals surface area contributed by atoms with E-state index in [1.54, 1.807) is 30.0 Å². The number of aliphatic hydroxyl groups excluding tert-OH is 1. The number of amides is 1. The van der Waals surface area contributed by atoms with Crippen LogP contribution in [0.15, 0.2) is 42.9 Å². The number of nitrogens with one attached hydrogen (secondary N) is 1. The topological polar surface area (TPSA) is 102 Å². The number of hydrogen-bond donors (Lipinski definition) is 2. The number of carbonyl (C=O) groups excluding carboxylic acids is 1. The summed E-state index contributed by atoms with van der Waals surface area (Å²) < 4.78 is 51.4. The minimum absolute atomic E-state index is 0.0499. The summed E-state index contributed by atoms with van der Waals surface area (Å²) in [5.41, 5.74) is -0.606. The van der Waals surface area contributed by atoms with Gasteiger partial charge in [-0.15, -0.1) is 0 Å². The molecule has 4 rings (SSSR count). The van der Waals surface area contributed by atoms with E-state index in [9.17, 15) is 23.1 Å². The van der Waals surface area contributed by atoms with Crippen LogP contribution in [0.1, 0.15) is 29.9 Å². The molecule has 1 aliphatic rings. The van der Waals surface area contributed by atoms with E-state index in [0.29, 0.717) is 37.2 Å². The maximum atomic E-state index is 13.2. The molecule has 200 valence electrons. The molecule has 0 radical (unpaired) electrons. The maximum Gasteiger partial charge on any atom is 0.417 e. The van der Waals surface area contributed by atoms with Gasteiger partial charge in [0.2, 0.25) is 0 Å². The Balaban J connectivity index is 1.55. The van der Waals surface area contributed by atoms with Crippen molar-refractivity contribution >= 4 is 16.8 Å². The molecule has 0 bridgehead atoms. The minimum Gasteiger partial charge on any atom is -0.394 e. The smallest absolute Gasteiger partial charge is 0.394 e. The molecule has 0 saturated carbocycles. The van der Waals surface area contributed by atoms with Crippen molar-refractivity contribution in [3.63, 3.8) is 0 Å². The van der Waals surface area contributed by atoms with Crippen molar-refractivity contribution in [2.24, 2.45) is 0 Å². The fraction of sp³-hybridized carbons (Fsp3) is 0.480. The van der Waals surface area contributed by atoms with Crippen molar-refractivity contribution in [3.05, 3.63) is 54.1 Å². The zero-order chi connectivity index (χ0) is 26.8. The SMILES string of the molecule is COCCO[C@@H]1CN(C(C)(C)CO)C[C@H]1NC(=O)c1cc2c(ccn2-c2ccc(C(F)(F)F)cn2)cn1. The molecule has 3 aromatic heterocycles. The number of hydrogen-bond acceptors (Lipinski definition) is 7. The lowest BCUT2D eigenvalue weighted by molar-refractivity contribution is -0.137. The highest BCUT2D eigenvalue weighted by molar-refractivity contribution is 5.96. The van der Waals surface area contributed by atoms with Gasteiger partial charge in [-0.05, 0) is 38.1 Å². The summed E-state index contributed by atoms with van der Waals surface area (Å²) in [6.07, 6.45) is -0.817. The molecule has 0 unspecified atom stereocenters. The van der Waals surface area contributed by atoms with E-state index in [1.165, 1.54) is 12.3 Å². The summed E-state index contributed by atoms with van der Waals surface area (Å²) in [5, 5.41) is 13.5. The van der Waals surface area contributed by atoms with Crippen LogP contribution in [-0.2, 0) is 15.7 Å². The number of likely N-dealkylation sites (tertiary alicyclic amines) is 1. The second-order valence-corrected chi connectivity index (χ2v) is 9.57. The molecule has 1 saturated heterocycles. The Kier molecular flexibility index (Phi) is 7.83. The third-order valence-corrected chi connectivity index (χ3v) is 6.57. The van der Waals surface area contributed by atoms with Crippen LogP contribution in [0.5, 0.6) is 0 Å². The van der Waals surface area contributed by atoms with Gasteiger partial charge in [0.25, 0.3) is 5.91 Å². The number of fused-ring (bicyclic) bond motifs is 1. The molecule has 1 aliphatic heterocycles. The average Bonchev–Trinajstić information content (AvgIpc) is 3.48. The van der Waals surface area contributed by atoms with Gasteiger partial charge < -0.3 is 24.5 Å². The summed E-state index contributed by atoms with van der Waals surface area (Å²) in [7, 11) is 1.58. The number of ether oxygens (including phenoxy) is 2. The standard InChI is InChI=1S/C25H30F3N5O4/c1-24(2,15-34)32-13-19(21(14-32)37-9-8-36-3)31-23(35)18-10-20-16(11-29-18)6-7-33(20)22-5-4-17(12-30-22)25(26,27)28/h4-7,10-12,19,21,34H,8-9,13-15H2,1-3H3,(H,31,35)/t19-,21-/m1/s1. The van der Waals surface area contributed by atoms with Crippen LogP contribution in [0.2, 0.25) is 0 Å². The third kappa shape index (κ3) is 5.93. The molecule has 37 heavy (non-hydrogen) atoms. The molecular weight excluding hydrogens is 491 g/mol. The van der Waals surface area contributed by atoms with Gasteiger partial charge in [-0.1, -0.05) is 0 Å². The van der Waals surface area contributed by atoms with Crippen LogP contribution in [0, 0.1) is 0 Å². The number of aliphatic hydroxyl groups is 1. The predicted octanol–water partition coefficient (Wildman–Crippen LogP) is 2.66. The molecule has 3 aromatic rings. The van der Waals surface area contributed by atoms with Crippen molar-refractivity contribution in [2.75, 3.05) is 40.0 Å². The van der Waals surface area contributed by atoms with E-state index in [0.717, 1.165) is 12.3 Å². The quantitative estimate of drug-likeness (QED) is 0.418. The number of alkyl halides is 3. The number of rotatable bonds is 9. The summed E-state index contributed by atoms with van der Waals surface area (Å²) in [4.78, 5) is 23.5. The Hall–Kier alpha value is -3.06. The summed E-state index contributed by atoms with van der Waals surface area (Å²) in [6.45, 7) is 5.56. The molecule has 12 heteroatoms. The lowest BCUT2D eigenvalue weighted by atomic mass is 10.1. The Morgan fingerprint density at radius 2 is 1.95 bits per heavy atom. The van der Waals surface area contributed by atoms with Crippen molar-refractivity contribution < 1.29 is 32.5 Å². The van der Waals surface area contributed by atoms with Crippen LogP contribution < -0.4 is 5.32 Å². The van der Waals surface area contributed by atoms with Crippen molar-refractivity contribution in [2.45, 2.75) is 37.7 Å². The number of nitrogens with zero attached hydrogens (tertiary/aromatic N) is 4. The fourth-order valence-electron chi connectivity index (χ4n) is 4.25. The number of carbonyl (C=O) groups is 1. The molecule has 2 N–H and O–H groups in total. The minimum atomic E-state index is -4.48. The van der Waals surface area contributed by atoms with Gasteiger partial charge in [0.05, 0.1) is 43.0 Å². The number of pyridine rings is 2. The predicted molar refractivity (Wildman–Crippen MR) is 129 cm³/mol. The van der Waals surface area contributed by atoms with Crippen LogP contribution >= 0.6 is 0 Å². The largest absolute Gasteiger partial charge is 0.417 e. The lowest BCUT2D eigenvalue weighted by Gasteiger charge is -2.33. The van der Waals surface area contributed by atoms with E-state index in [2.05, 4.69) is 20.2 Å². The second-order valence-electron chi connectivity index (χ2n) is 9.57. The van der Waals surface area contributed by atoms with Crippen molar-refractivity contribution in [1.82, 2.24) is 24.8 Å². The third-order valence-electron chi connectivity index (χ3n) is 6.57. The first-order valence-electron chi connectivity index (χ1n) is 11.8. The zero-order valence-electron chi connectivity index (χ0n) is 20.8. The molecule has 0 aliphatic carbocycles. The molecule has 0 aromatic carbocycles. The van der Waals surface area contributed by atoms with Gasteiger partial charge in [0, 0.05) is 49.7 Å². The van der Waals surface area contributed by atoms with Crippen molar-refractivity contribution in [3.8, 4) is 5.82 Å². The van der Waals surface area contributed by atoms with Gasteiger partial charge in [-0.3, -0.25) is 14.7 Å². The Bertz CT molecular complexity index is 1230. The zero-order valence-corrected chi connectivity index (χ0v) is 20.8. The van der Waals surface area contributed by atoms with Crippen LogP contribution in [0.25, 0.3) is 16.7 Å². The fourth-order valence-corrected chi connectivity index (χ4v) is 4.25. The Morgan fingerprint density at radius 1 is 1.16 bits per heavy atom. The second kappa shape index (κ2) is 10.7. The van der Waals surface area contributed by atoms with E-state index in [1.807, 2.05) is 13.8 Å². The Morgan fingerprint density at radius 3 is 2.59 bits per heavy atom. The van der Waals surface area contributed by atoms with Crippen LogP contribution in [0.3, 0.4) is 0 Å². The highest BCUT2D eigenvalue weighted by Gasteiger charge is 2.41. The lowest BCUT2D eigenvalue weighted by Crippen LogP contribution is -2.47. The van der Waals surface area contributed by atoms with E-state index < -0.39 is 23.2 Å². The summed E-state index contributed by atoms with van der Waals surface area (Å²) >= 11 is 0. The molecule has 2 atom stereocenters. The van der Waals surface area contributed by atoms with Crippen LogP contribution in [0.4, 0.5) is 13.2 Å². The molecule has 0 spiro atoms. The van der Waals surface area contributed by atoms with E-state index >= 15 is 0 Å². The first kappa shape index (κ1) is 27.0. The Labute approximate surface area is 212 Å². The number of halogens is 3. The number of aromatic nitrogens is 3. The molecule has 1 amide bonds. The first-order chi connectivity index (χ1) is 17.5. The van der Waals surface area contributed by atoms with E-state index in [4.69, 9.17) is 9.47 Å². The molecular formula is C25H30F3N5O4. The molecule has 9 nitrogen and oxygen atoms in total. The summed E-state index contributed by atoms with van der Waals surface area (Å²) in [6, 6.07) is 5.22. The van der Waals surface area contributed by atoms with Crippen molar-refractivity contribution in [1.29, 1.82) is 0 Å². The van der Waals surface area contributed by atoms with Gasteiger partial charge in [-0.25, -0.2) is 4.98 Å². The van der Waals surface area contributed by atoms with Gasteiger partial charge in [0.15, 0.2) is 0 Å². The van der Waals surface area contributed by atoms with Gasteiger partial charge in [0.1, 0.15) is 11.5 Å². The highest BCUT2D eigenvalue weighted by Crippen LogP contribution is 2.29. The monoisotopic (exact) mass is 521 g/mol. The van der Waals surface area contributed by atoms with Gasteiger partial charge >= 0.3 is 6.18 Å². The normalized spacial score (nSPS) is 19.0. The first-order valence-corrected chi connectivity index (χ1v) is 11.8. The molecule has 4 heterocycles. The van der Waals surface area contributed by atoms with E-state index in [-0.39, 0.29) is 30.3 Å². The van der Waals surface area contributed by atoms with Crippen LogP contribution in [-0.4, -0.2) is 88.2 Å². The highest BCUT2D eigenvalue weighted by atomic mass is 19.4. The summed E-state index contributed by atoms with van der Waals surface area (Å²) in [5.74, 6) is -0.131. The average molecular weight is 522 g/mol. The maximum absolute atomic E-state index is 13.2.